The maximum atomic E-state index is 14.4. The van der Waals surface area contributed by atoms with Gasteiger partial charge in [-0.3, -0.25) is 9.59 Å². The Morgan fingerprint density at radius 1 is 1.06 bits per heavy atom. The highest BCUT2D eigenvalue weighted by atomic mass is 35.5. The zero-order chi connectivity index (χ0) is 35.8. The van der Waals surface area contributed by atoms with Crippen LogP contribution < -0.4 is 15.4 Å². The first-order valence-electron chi connectivity index (χ1n) is 16.9. The average Bonchev–Trinajstić information content (AvgIpc) is 3.76. The lowest BCUT2D eigenvalue weighted by Crippen LogP contribution is -2.60. The van der Waals surface area contributed by atoms with Crippen molar-refractivity contribution in [2.24, 2.45) is 5.92 Å². The zero-order valence-electron chi connectivity index (χ0n) is 28.9. The first kappa shape index (κ1) is 37.5. The monoisotopic (exact) mass is 693 g/mol. The van der Waals surface area contributed by atoms with Gasteiger partial charge in [-0.1, -0.05) is 48.7 Å². The molecule has 4 rings (SSSR count). The molecule has 2 aliphatic rings. The van der Waals surface area contributed by atoms with E-state index in [1.54, 1.807) is 64.1 Å². The fraction of sp³-hybridized carbons (Fsp3) is 0.474. The van der Waals surface area contributed by atoms with Crippen LogP contribution in [0.2, 0.25) is 5.02 Å². The second-order valence-corrected chi connectivity index (χ2v) is 14.0. The van der Waals surface area contributed by atoms with Crippen molar-refractivity contribution in [1.29, 1.82) is 0 Å². The molecule has 0 aromatic heterocycles. The fourth-order valence-electron chi connectivity index (χ4n) is 6.04. The molecule has 2 aromatic rings. The SMILES string of the molecule is C=CCCCCC[C@H](NC(=O)OC(C)(C)C)C(=O)N1Cc2ccc(Oc3cccc(Cl)c3)cc2C[C@H]1C(=O)N[C@]1(C(=O)OCC)C[C@H]1C=C. The number of alkyl carbamates (subject to hydrolysis) is 1. The molecule has 11 heteroatoms. The first-order valence-corrected chi connectivity index (χ1v) is 17.3. The highest BCUT2D eigenvalue weighted by Crippen LogP contribution is 2.45. The van der Waals surface area contributed by atoms with Crippen molar-refractivity contribution >= 4 is 35.5 Å². The number of benzene rings is 2. The van der Waals surface area contributed by atoms with Crippen LogP contribution in [0, 0.1) is 5.92 Å². The van der Waals surface area contributed by atoms with Gasteiger partial charge in [-0.15, -0.1) is 13.2 Å². The normalized spacial score (nSPS) is 20.2. The van der Waals surface area contributed by atoms with Gasteiger partial charge in [0.15, 0.2) is 0 Å². The minimum Gasteiger partial charge on any atom is -0.464 e. The molecule has 0 saturated heterocycles. The van der Waals surface area contributed by atoms with Crippen LogP contribution in [0.3, 0.4) is 0 Å². The molecular weight excluding hydrogens is 646 g/mol. The van der Waals surface area contributed by atoms with Gasteiger partial charge in [0.05, 0.1) is 6.61 Å². The quantitative estimate of drug-likeness (QED) is 0.117. The molecular formula is C38H48ClN3O7. The Morgan fingerprint density at radius 2 is 1.82 bits per heavy atom. The van der Waals surface area contributed by atoms with Crippen LogP contribution in [0.1, 0.15) is 77.3 Å². The number of unbranched alkanes of at least 4 members (excludes halogenated alkanes) is 3. The summed E-state index contributed by atoms with van der Waals surface area (Å²) in [4.78, 5) is 56.1. The predicted octanol–water partition coefficient (Wildman–Crippen LogP) is 7.04. The van der Waals surface area contributed by atoms with Gasteiger partial charge in [0.1, 0.15) is 34.7 Å². The van der Waals surface area contributed by atoms with Gasteiger partial charge in [0.2, 0.25) is 11.8 Å². The van der Waals surface area contributed by atoms with Crippen LogP contribution >= 0.6 is 11.6 Å². The Hall–Kier alpha value is -4.31. The number of hydrogen-bond donors (Lipinski definition) is 2. The van der Waals surface area contributed by atoms with Crippen LogP contribution in [0.25, 0.3) is 0 Å². The Morgan fingerprint density at radius 3 is 2.47 bits per heavy atom. The lowest BCUT2D eigenvalue weighted by Gasteiger charge is -2.39. The minimum absolute atomic E-state index is 0.101. The zero-order valence-corrected chi connectivity index (χ0v) is 29.6. The van der Waals surface area contributed by atoms with Gasteiger partial charge in [0, 0.05) is 23.9 Å². The Balaban J connectivity index is 1.66. The smallest absolute Gasteiger partial charge is 0.408 e. The van der Waals surface area contributed by atoms with Crippen LogP contribution in [0.15, 0.2) is 67.8 Å². The maximum absolute atomic E-state index is 14.4. The summed E-state index contributed by atoms with van der Waals surface area (Å²) in [7, 11) is 0. The molecule has 2 N–H and O–H groups in total. The topological polar surface area (TPSA) is 123 Å². The molecule has 0 unspecified atom stereocenters. The Bertz CT molecular complexity index is 1550. The summed E-state index contributed by atoms with van der Waals surface area (Å²) in [5, 5.41) is 6.24. The summed E-state index contributed by atoms with van der Waals surface area (Å²) < 4.78 is 16.9. The van der Waals surface area contributed by atoms with E-state index in [-0.39, 0.29) is 25.5 Å². The summed E-state index contributed by atoms with van der Waals surface area (Å²) in [5.74, 6) is -0.658. The third-order valence-electron chi connectivity index (χ3n) is 8.60. The van der Waals surface area contributed by atoms with Crippen molar-refractivity contribution < 1.29 is 33.4 Å². The van der Waals surface area contributed by atoms with Crippen molar-refractivity contribution in [3.8, 4) is 11.5 Å². The van der Waals surface area contributed by atoms with E-state index < -0.39 is 47.1 Å². The summed E-state index contributed by atoms with van der Waals surface area (Å²) in [6, 6.07) is 10.6. The molecule has 1 saturated carbocycles. The molecule has 2 aromatic carbocycles. The number of esters is 1. The molecule has 4 atom stereocenters. The van der Waals surface area contributed by atoms with E-state index in [0.29, 0.717) is 35.8 Å². The van der Waals surface area contributed by atoms with Crippen molar-refractivity contribution in [2.45, 2.75) is 102 Å². The van der Waals surface area contributed by atoms with Crippen LogP contribution in [0.5, 0.6) is 11.5 Å². The van der Waals surface area contributed by atoms with E-state index in [0.717, 1.165) is 30.4 Å². The summed E-state index contributed by atoms with van der Waals surface area (Å²) >= 11 is 6.15. The fourth-order valence-corrected chi connectivity index (χ4v) is 6.22. The second kappa shape index (κ2) is 16.4. The Labute approximate surface area is 294 Å². The number of ether oxygens (including phenoxy) is 3. The summed E-state index contributed by atoms with van der Waals surface area (Å²) in [5.41, 5.74) is -0.382. The second-order valence-electron chi connectivity index (χ2n) is 13.5. The Kier molecular flexibility index (Phi) is 12.5. The number of carbonyl (C=O) groups is 4. The van der Waals surface area contributed by atoms with E-state index >= 15 is 0 Å². The van der Waals surface area contributed by atoms with Crippen molar-refractivity contribution in [3.05, 3.63) is 83.9 Å². The van der Waals surface area contributed by atoms with Crippen LogP contribution in [-0.2, 0) is 36.8 Å². The van der Waals surface area contributed by atoms with Crippen molar-refractivity contribution in [3.63, 3.8) is 0 Å². The molecule has 1 heterocycles. The van der Waals surface area contributed by atoms with Gasteiger partial charge in [-0.2, -0.15) is 0 Å². The number of nitrogens with zero attached hydrogens (tertiary/aromatic N) is 1. The van der Waals surface area contributed by atoms with Gasteiger partial charge < -0.3 is 29.7 Å². The standard InChI is InChI=1S/C38H48ClN3O7/c1-7-10-11-12-13-17-31(40-36(46)49-37(4,5)6)34(44)42-24-25-18-19-30(48-29-16-14-15-28(39)22-29)20-26(25)21-32(42)33(43)41-38(23-27(38)8-2)35(45)47-9-3/h7-8,14-16,18-20,22,27,31-32H,1-2,9-13,17,21,23-24H2,3-6H3,(H,40,46)(H,41,43)/t27-,31+,32+,38-/m1/s1. The third kappa shape index (κ3) is 9.88. The maximum Gasteiger partial charge on any atom is 0.408 e. The number of halogens is 1. The van der Waals surface area contributed by atoms with E-state index in [2.05, 4.69) is 23.8 Å². The number of amides is 3. The molecule has 264 valence electrons. The highest BCUT2D eigenvalue weighted by molar-refractivity contribution is 6.30. The number of allylic oxidation sites excluding steroid dienone is 1. The van der Waals surface area contributed by atoms with Gasteiger partial charge in [-0.25, -0.2) is 9.59 Å². The predicted molar refractivity (Wildman–Crippen MR) is 188 cm³/mol. The van der Waals surface area contributed by atoms with Crippen molar-refractivity contribution in [1.82, 2.24) is 15.5 Å². The number of hydrogen-bond acceptors (Lipinski definition) is 7. The molecule has 1 aliphatic carbocycles. The molecule has 0 spiro atoms. The van der Waals surface area contributed by atoms with E-state index in [9.17, 15) is 19.2 Å². The number of nitrogens with one attached hydrogen (secondary N) is 2. The number of carbonyl (C=O) groups excluding carboxylic acids is 4. The van der Waals surface area contributed by atoms with E-state index in [1.165, 1.54) is 4.90 Å². The lowest BCUT2D eigenvalue weighted by atomic mass is 9.91. The highest BCUT2D eigenvalue weighted by Gasteiger charge is 2.61. The molecule has 49 heavy (non-hydrogen) atoms. The summed E-state index contributed by atoms with van der Waals surface area (Å²) in [6.07, 6.45) is 6.86. The van der Waals surface area contributed by atoms with E-state index in [4.69, 9.17) is 25.8 Å². The largest absolute Gasteiger partial charge is 0.464 e. The molecule has 0 bridgehead atoms. The van der Waals surface area contributed by atoms with Gasteiger partial charge in [0.25, 0.3) is 0 Å². The molecule has 0 radical (unpaired) electrons. The van der Waals surface area contributed by atoms with Crippen molar-refractivity contribution in [2.75, 3.05) is 6.61 Å². The molecule has 10 nitrogen and oxygen atoms in total. The summed E-state index contributed by atoms with van der Waals surface area (Å²) in [6.45, 7) is 14.8. The third-order valence-corrected chi connectivity index (χ3v) is 8.84. The minimum atomic E-state index is -1.25. The molecule has 1 aliphatic heterocycles. The number of rotatable bonds is 15. The average molecular weight is 694 g/mol. The molecule has 3 amide bonds. The van der Waals surface area contributed by atoms with Gasteiger partial charge in [-0.05, 0) is 94.8 Å². The van der Waals surface area contributed by atoms with Crippen LogP contribution in [0.4, 0.5) is 4.79 Å². The number of fused-ring (bicyclic) bond motifs is 1. The van der Waals surface area contributed by atoms with Gasteiger partial charge >= 0.3 is 12.1 Å². The van der Waals surface area contributed by atoms with E-state index in [1.807, 2.05) is 18.2 Å². The van der Waals surface area contributed by atoms with Crippen LogP contribution in [-0.4, -0.2) is 58.6 Å². The lowest BCUT2D eigenvalue weighted by molar-refractivity contribution is -0.151. The first-order chi connectivity index (χ1) is 23.3. The molecule has 1 fully saturated rings.